The molecule has 4 nitrogen and oxygen atoms in total. The van der Waals surface area contributed by atoms with Crippen molar-refractivity contribution in [1.82, 2.24) is 0 Å². The quantitative estimate of drug-likeness (QED) is 0.302. The molecule has 170 valence electrons. The van der Waals surface area contributed by atoms with E-state index in [1.165, 1.54) is 24.3 Å². The van der Waals surface area contributed by atoms with Crippen molar-refractivity contribution in [2.75, 3.05) is 0 Å². The third kappa shape index (κ3) is 3.26. The molecule has 31 heavy (non-hydrogen) atoms. The molecule has 0 aliphatic rings. The van der Waals surface area contributed by atoms with E-state index in [4.69, 9.17) is 16.0 Å². The minimum atomic E-state index is -7.41. The zero-order valence-electron chi connectivity index (χ0n) is 14.3. The van der Waals surface area contributed by atoms with E-state index in [0.717, 1.165) is 6.07 Å². The molecule has 1 aromatic heterocycles. The van der Waals surface area contributed by atoms with Crippen molar-refractivity contribution < 1.29 is 56.5 Å². The molecule has 0 spiro atoms. The van der Waals surface area contributed by atoms with Crippen molar-refractivity contribution in [3.8, 4) is 5.75 Å². The lowest BCUT2D eigenvalue weighted by atomic mass is 10.1. The maximum absolute atomic E-state index is 13.9. The first-order valence-electron chi connectivity index (χ1n) is 7.69. The van der Waals surface area contributed by atoms with Gasteiger partial charge in [0, 0.05) is 10.8 Å². The number of alkyl halides is 9. The van der Waals surface area contributed by atoms with Crippen molar-refractivity contribution in [3.05, 3.63) is 41.4 Å². The highest BCUT2D eigenvalue weighted by Gasteiger charge is 2.86. The molecule has 0 unspecified atom stereocenters. The lowest BCUT2D eigenvalue weighted by molar-refractivity contribution is -0.382. The number of hydrogen-bond acceptors (Lipinski definition) is 4. The molecule has 0 saturated heterocycles. The first kappa shape index (κ1) is 23.3. The normalized spacial score (nSPS) is 14.4. The van der Waals surface area contributed by atoms with Crippen LogP contribution in [0.15, 0.2) is 40.8 Å². The Morgan fingerprint density at radius 3 is 2.00 bits per heavy atom. The van der Waals surface area contributed by atoms with Crippen LogP contribution in [0.25, 0.3) is 21.9 Å². The van der Waals surface area contributed by atoms with Crippen LogP contribution in [0.2, 0.25) is 5.02 Å². The van der Waals surface area contributed by atoms with Crippen LogP contribution in [0.5, 0.6) is 5.75 Å². The van der Waals surface area contributed by atoms with Crippen molar-refractivity contribution in [2.24, 2.45) is 0 Å². The van der Waals surface area contributed by atoms with Gasteiger partial charge >= 0.3 is 33.4 Å². The van der Waals surface area contributed by atoms with Crippen molar-refractivity contribution in [3.63, 3.8) is 0 Å². The molecule has 3 aromatic rings. The maximum atomic E-state index is 13.9. The van der Waals surface area contributed by atoms with E-state index >= 15 is 0 Å². The van der Waals surface area contributed by atoms with Gasteiger partial charge in [-0.05, 0) is 18.2 Å². The summed E-state index contributed by atoms with van der Waals surface area (Å²) in [5.74, 6) is -16.0. The number of rotatable bonds is 5. The average Bonchev–Trinajstić information content (AvgIpc) is 3.01. The Morgan fingerprint density at radius 2 is 1.42 bits per heavy atom. The van der Waals surface area contributed by atoms with Crippen LogP contribution in [0.4, 0.5) is 39.5 Å². The first-order valence-corrected chi connectivity index (χ1v) is 9.48. The van der Waals surface area contributed by atoms with Crippen LogP contribution in [0.1, 0.15) is 0 Å². The summed E-state index contributed by atoms with van der Waals surface area (Å²) in [6, 6.07) is 6.94. The van der Waals surface area contributed by atoms with Gasteiger partial charge in [-0.3, -0.25) is 0 Å². The zero-order valence-corrected chi connectivity index (χ0v) is 15.9. The topological polar surface area (TPSA) is 56.5 Å². The second-order valence-corrected chi connectivity index (χ2v) is 8.04. The zero-order chi connectivity index (χ0) is 23.6. The van der Waals surface area contributed by atoms with Crippen molar-refractivity contribution in [1.29, 1.82) is 0 Å². The van der Waals surface area contributed by atoms with Crippen LogP contribution in [0.3, 0.4) is 0 Å². The van der Waals surface area contributed by atoms with E-state index in [2.05, 4.69) is 4.18 Å². The minimum Gasteiger partial charge on any atom is -0.452 e. The van der Waals surface area contributed by atoms with E-state index in [1.807, 2.05) is 0 Å². The summed E-state index contributed by atoms with van der Waals surface area (Å²) >= 11 is 5.96. The minimum absolute atomic E-state index is 0.0170. The summed E-state index contributed by atoms with van der Waals surface area (Å²) in [6.45, 7) is 0. The molecule has 0 saturated carbocycles. The third-order valence-corrected chi connectivity index (χ3v) is 5.66. The van der Waals surface area contributed by atoms with Gasteiger partial charge in [-0.2, -0.15) is 47.9 Å². The molecule has 0 amide bonds. The molecule has 0 bridgehead atoms. The fourth-order valence-electron chi connectivity index (χ4n) is 2.53. The van der Waals surface area contributed by atoms with Crippen LogP contribution in [-0.4, -0.2) is 31.7 Å². The number of hydrogen-bond donors (Lipinski definition) is 0. The maximum Gasteiger partial charge on any atom is 0.460 e. The van der Waals surface area contributed by atoms with Gasteiger partial charge in [0.1, 0.15) is 5.58 Å². The highest BCUT2D eigenvalue weighted by Crippen LogP contribution is 2.55. The second-order valence-electron chi connectivity index (χ2n) is 6.05. The molecular formula is C16H6ClF9O4S. The highest BCUT2D eigenvalue weighted by molar-refractivity contribution is 7.88. The summed E-state index contributed by atoms with van der Waals surface area (Å²) in [5, 5.41) is -6.84. The van der Waals surface area contributed by atoms with Crippen LogP contribution in [-0.2, 0) is 10.1 Å². The highest BCUT2D eigenvalue weighted by atomic mass is 35.5. The molecular weight excluding hydrogens is 495 g/mol. The Bertz CT molecular complexity index is 1270. The number of fused-ring (bicyclic) bond motifs is 3. The van der Waals surface area contributed by atoms with E-state index in [9.17, 15) is 47.9 Å². The van der Waals surface area contributed by atoms with Crippen molar-refractivity contribution >= 4 is 43.7 Å². The largest absolute Gasteiger partial charge is 0.460 e. The molecule has 0 radical (unpaired) electrons. The van der Waals surface area contributed by atoms with E-state index in [1.54, 1.807) is 0 Å². The summed E-state index contributed by atoms with van der Waals surface area (Å²) in [6.07, 6.45) is -7.19. The predicted octanol–water partition coefficient (Wildman–Crippen LogP) is 6.37. The molecule has 0 aliphatic heterocycles. The van der Waals surface area contributed by atoms with Gasteiger partial charge in [0.25, 0.3) is 0 Å². The van der Waals surface area contributed by atoms with Gasteiger partial charge in [-0.15, -0.1) is 0 Å². The second kappa shape index (κ2) is 6.82. The smallest absolute Gasteiger partial charge is 0.452 e. The predicted molar refractivity (Wildman–Crippen MR) is 89.2 cm³/mol. The Balaban J connectivity index is 2.13. The average molecular weight is 501 g/mol. The Morgan fingerprint density at radius 1 is 0.839 bits per heavy atom. The Labute approximate surface area is 171 Å². The lowest BCUT2D eigenvalue weighted by Gasteiger charge is -2.32. The molecule has 15 heteroatoms. The summed E-state index contributed by atoms with van der Waals surface area (Å²) in [5.41, 5.74) is -0.632. The van der Waals surface area contributed by atoms with Crippen LogP contribution < -0.4 is 4.18 Å². The Hall–Kier alpha value is -2.35. The molecule has 0 fully saturated rings. The number of furan rings is 1. The van der Waals surface area contributed by atoms with Gasteiger partial charge in [-0.1, -0.05) is 29.8 Å². The van der Waals surface area contributed by atoms with Crippen LogP contribution in [0, 0.1) is 0 Å². The molecule has 0 atom stereocenters. The monoisotopic (exact) mass is 500 g/mol. The van der Waals surface area contributed by atoms with Crippen molar-refractivity contribution in [2.45, 2.75) is 23.3 Å². The molecule has 2 aromatic carbocycles. The molecule has 1 heterocycles. The van der Waals surface area contributed by atoms with Gasteiger partial charge in [0.15, 0.2) is 11.3 Å². The standard InChI is InChI=1S/C16H6ClF9O4S/c17-8-4-2-5-9-11(8)7-3-1-6-10(12(7)29-9)30-31(27,28)16(25,26)14(20,21)13(18,19)15(22,23)24/h1-6H. The number of para-hydroxylation sites is 1. The van der Waals surface area contributed by atoms with E-state index in [0.29, 0.717) is 6.07 Å². The van der Waals surface area contributed by atoms with Gasteiger partial charge in [-0.25, -0.2) is 0 Å². The van der Waals surface area contributed by atoms with E-state index in [-0.39, 0.29) is 21.4 Å². The fraction of sp³-hybridized carbons (Fsp3) is 0.250. The summed E-state index contributed by atoms with van der Waals surface area (Å²) < 4.78 is 150. The molecule has 3 rings (SSSR count). The van der Waals surface area contributed by atoms with Gasteiger partial charge < -0.3 is 8.60 Å². The lowest BCUT2D eigenvalue weighted by Crippen LogP contribution is -2.63. The fourth-order valence-corrected chi connectivity index (χ4v) is 3.71. The van der Waals surface area contributed by atoms with Gasteiger partial charge in [0.05, 0.1) is 5.02 Å². The van der Waals surface area contributed by atoms with E-state index < -0.39 is 44.7 Å². The summed E-state index contributed by atoms with van der Waals surface area (Å²) in [4.78, 5) is 0. The number of benzene rings is 2. The SMILES string of the molecule is O=S(=O)(Oc1cccc2c1oc1cccc(Cl)c12)C(F)(F)C(F)(F)C(F)(F)C(F)(F)F. The molecule has 0 aliphatic carbocycles. The first-order chi connectivity index (χ1) is 14.0. The third-order valence-electron chi connectivity index (χ3n) is 4.07. The number of halogens is 10. The molecule has 0 N–H and O–H groups in total. The summed E-state index contributed by atoms with van der Waals surface area (Å²) in [7, 11) is -7.11. The Kier molecular flexibility index (Phi) is 5.13. The van der Waals surface area contributed by atoms with Gasteiger partial charge in [0.2, 0.25) is 0 Å². The van der Waals surface area contributed by atoms with Crippen LogP contribution >= 0.6 is 11.6 Å².